The smallest absolute Gasteiger partial charge is 0.494 e. The van der Waals surface area contributed by atoms with Crippen LogP contribution in [0.3, 0.4) is 0 Å². The van der Waals surface area contributed by atoms with Crippen LogP contribution in [0, 0.1) is 0 Å². The molecule has 5 rings (SSSR count). The van der Waals surface area contributed by atoms with Gasteiger partial charge in [-0.25, -0.2) is 13.9 Å². The number of benzene rings is 2. The summed E-state index contributed by atoms with van der Waals surface area (Å²) in [5.41, 5.74) is 2.04. The lowest BCUT2D eigenvalue weighted by Crippen LogP contribution is -2.58. The monoisotopic (exact) mass is 646 g/mol. The van der Waals surface area contributed by atoms with E-state index in [9.17, 15) is 31.6 Å². The second kappa shape index (κ2) is 13.0. The molecule has 3 aromatic rings. The first-order valence-electron chi connectivity index (χ1n) is 13.3. The molecular formula is C26H30ClF3N6O6S. The Morgan fingerprint density at radius 3 is 2.26 bits per heavy atom. The van der Waals surface area contributed by atoms with Crippen molar-refractivity contribution in [1.29, 1.82) is 0 Å². The summed E-state index contributed by atoms with van der Waals surface area (Å²) >= 11 is 0. The second-order valence-electron chi connectivity index (χ2n) is 10.2. The Morgan fingerprint density at radius 2 is 1.67 bits per heavy atom. The van der Waals surface area contributed by atoms with Gasteiger partial charge in [0.05, 0.1) is 18.0 Å². The first-order valence-corrected chi connectivity index (χ1v) is 14.8. The number of nitrogens with zero attached hydrogens (tertiary/aromatic N) is 5. The summed E-state index contributed by atoms with van der Waals surface area (Å²) in [4.78, 5) is 16.1. The molecule has 2 heterocycles. The molecule has 1 saturated carbocycles. The second-order valence-corrected chi connectivity index (χ2v) is 12.4. The number of tetrazole rings is 1. The lowest BCUT2D eigenvalue weighted by molar-refractivity contribution is -0.274. The highest BCUT2D eigenvalue weighted by atomic mass is 35.5. The summed E-state index contributed by atoms with van der Waals surface area (Å²) in [6, 6.07) is 11.4. The molecule has 0 atom stereocenters. The van der Waals surface area contributed by atoms with Crippen LogP contribution in [0.4, 0.5) is 13.2 Å². The SMILES string of the molecule is Cl.O=C(NO)C1(S(=O)(=O)c2ccc(OCCCn3nnc(-c4ccc(OC(F)(F)F)cc4)n3)cc2)CCN(C2CC2)CC1. The minimum atomic E-state index is -4.78. The molecule has 2 aliphatic rings. The van der Waals surface area contributed by atoms with Crippen molar-refractivity contribution in [2.45, 2.75) is 60.7 Å². The van der Waals surface area contributed by atoms with Crippen LogP contribution in [0.5, 0.6) is 11.5 Å². The van der Waals surface area contributed by atoms with Gasteiger partial charge < -0.3 is 14.4 Å². The molecule has 0 radical (unpaired) electrons. The number of aryl methyl sites for hydroxylation is 1. The number of carbonyl (C=O) groups is 1. The van der Waals surface area contributed by atoms with Gasteiger partial charge in [0.15, 0.2) is 14.6 Å². The van der Waals surface area contributed by atoms with E-state index in [0.29, 0.717) is 43.4 Å². The average Bonchev–Trinajstić information content (AvgIpc) is 3.72. The van der Waals surface area contributed by atoms with Crippen molar-refractivity contribution in [3.8, 4) is 22.9 Å². The molecular weight excluding hydrogens is 617 g/mol. The molecule has 0 spiro atoms. The third-order valence-corrected chi connectivity index (χ3v) is 9.92. The predicted molar refractivity (Wildman–Crippen MR) is 147 cm³/mol. The summed E-state index contributed by atoms with van der Waals surface area (Å²) in [5.74, 6) is -0.620. The zero-order valence-corrected chi connectivity index (χ0v) is 24.4. The first kappa shape index (κ1) is 32.4. The fourth-order valence-electron chi connectivity index (χ4n) is 5.01. The van der Waals surface area contributed by atoms with E-state index in [1.54, 1.807) is 5.48 Å². The molecule has 1 amide bonds. The van der Waals surface area contributed by atoms with Crippen molar-refractivity contribution < 1.29 is 41.1 Å². The van der Waals surface area contributed by atoms with Crippen LogP contribution >= 0.6 is 12.4 Å². The number of carbonyl (C=O) groups excluding carboxylic acids is 1. The van der Waals surface area contributed by atoms with Gasteiger partial charge in [-0.05, 0) is 79.4 Å². The Hall–Kier alpha value is -3.47. The van der Waals surface area contributed by atoms with E-state index >= 15 is 0 Å². The van der Waals surface area contributed by atoms with Crippen LogP contribution in [0.1, 0.15) is 32.1 Å². The van der Waals surface area contributed by atoms with Crippen LogP contribution in [0.25, 0.3) is 11.4 Å². The maximum Gasteiger partial charge on any atom is 0.573 e. The zero-order valence-electron chi connectivity index (χ0n) is 22.7. The number of nitrogens with one attached hydrogen (secondary N) is 1. The fraction of sp³-hybridized carbons (Fsp3) is 0.462. The highest BCUT2D eigenvalue weighted by Crippen LogP contribution is 2.39. The lowest BCUT2D eigenvalue weighted by atomic mass is 9.94. The molecule has 2 N–H and O–H groups in total. The quantitative estimate of drug-likeness (QED) is 0.180. The van der Waals surface area contributed by atoms with Crippen LogP contribution in [0.2, 0.25) is 0 Å². The van der Waals surface area contributed by atoms with Gasteiger partial charge in [-0.1, -0.05) is 0 Å². The van der Waals surface area contributed by atoms with Gasteiger partial charge in [0, 0.05) is 31.1 Å². The van der Waals surface area contributed by atoms with E-state index in [1.165, 1.54) is 41.2 Å². The van der Waals surface area contributed by atoms with E-state index < -0.39 is 26.9 Å². The Bertz CT molecular complexity index is 1490. The Kier molecular flexibility index (Phi) is 9.83. The number of halogens is 4. The van der Waals surface area contributed by atoms with Crippen LogP contribution in [-0.4, -0.2) is 81.5 Å². The van der Waals surface area contributed by atoms with Gasteiger partial charge in [0.2, 0.25) is 5.82 Å². The normalized spacial score (nSPS) is 17.1. The molecule has 0 bridgehead atoms. The largest absolute Gasteiger partial charge is 0.573 e. The Balaban J connectivity index is 0.00000423. The molecule has 1 aliphatic heterocycles. The highest BCUT2D eigenvalue weighted by Gasteiger charge is 2.54. The van der Waals surface area contributed by atoms with Crippen molar-refractivity contribution in [2.75, 3.05) is 19.7 Å². The third-order valence-electron chi connectivity index (χ3n) is 7.40. The van der Waals surface area contributed by atoms with Gasteiger partial charge in [-0.15, -0.1) is 35.8 Å². The maximum atomic E-state index is 13.6. The fourth-order valence-corrected chi connectivity index (χ4v) is 6.96. The standard InChI is InChI=1S/C26H29F3N6O6S.ClH/c27-26(28,29)41-21-6-2-18(3-7-21)23-30-33-35(31-23)14-1-17-40-20-8-10-22(11-9-20)42(38,39)25(24(36)32-37)12-15-34(16-13-25)19-4-5-19;/h2-3,6-11,19,37H,1,4-5,12-17H2,(H,32,36);1H. The summed E-state index contributed by atoms with van der Waals surface area (Å²) in [6.07, 6.45) is -1.97. The van der Waals surface area contributed by atoms with Gasteiger partial charge in [-0.2, -0.15) is 4.80 Å². The van der Waals surface area contributed by atoms with E-state index in [-0.39, 0.29) is 48.3 Å². The van der Waals surface area contributed by atoms with Crippen molar-refractivity contribution in [1.82, 2.24) is 30.6 Å². The number of piperidine rings is 1. The average molecular weight is 647 g/mol. The Labute approximate surface area is 251 Å². The number of hydrogen-bond donors (Lipinski definition) is 2. The van der Waals surface area contributed by atoms with Crippen LogP contribution in [0.15, 0.2) is 53.4 Å². The summed E-state index contributed by atoms with van der Waals surface area (Å²) in [6.45, 7) is 1.51. The Morgan fingerprint density at radius 1 is 1.05 bits per heavy atom. The van der Waals surface area contributed by atoms with Crippen molar-refractivity contribution >= 4 is 28.2 Å². The number of amides is 1. The predicted octanol–water partition coefficient (Wildman–Crippen LogP) is 3.41. The number of hydrogen-bond acceptors (Lipinski definition) is 10. The minimum Gasteiger partial charge on any atom is -0.494 e. The van der Waals surface area contributed by atoms with Gasteiger partial charge in [0.1, 0.15) is 11.5 Å². The number of likely N-dealkylation sites (tertiary alicyclic amines) is 1. The van der Waals surface area contributed by atoms with Crippen LogP contribution < -0.4 is 15.0 Å². The van der Waals surface area contributed by atoms with Gasteiger partial charge in [0.25, 0.3) is 5.91 Å². The number of hydroxylamine groups is 1. The topological polar surface area (TPSA) is 149 Å². The third kappa shape index (κ3) is 7.37. The summed E-state index contributed by atoms with van der Waals surface area (Å²) in [5, 5.41) is 21.4. The molecule has 1 saturated heterocycles. The summed E-state index contributed by atoms with van der Waals surface area (Å²) in [7, 11) is -4.11. The number of ether oxygens (including phenoxy) is 2. The van der Waals surface area contributed by atoms with E-state index in [4.69, 9.17) is 4.74 Å². The zero-order chi connectivity index (χ0) is 30.0. The molecule has 12 nitrogen and oxygen atoms in total. The van der Waals surface area contributed by atoms with E-state index in [2.05, 4.69) is 25.0 Å². The maximum absolute atomic E-state index is 13.6. The molecule has 2 fully saturated rings. The number of aromatic nitrogens is 4. The van der Waals surface area contributed by atoms with Crippen molar-refractivity contribution in [3.63, 3.8) is 0 Å². The molecule has 2 aromatic carbocycles. The number of sulfone groups is 1. The molecule has 0 unspecified atom stereocenters. The lowest BCUT2D eigenvalue weighted by Gasteiger charge is -2.39. The molecule has 234 valence electrons. The number of rotatable bonds is 11. The van der Waals surface area contributed by atoms with E-state index in [1.807, 2.05) is 0 Å². The number of alkyl halides is 3. The first-order chi connectivity index (χ1) is 20.0. The van der Waals surface area contributed by atoms with Crippen molar-refractivity contribution in [2.24, 2.45) is 0 Å². The van der Waals surface area contributed by atoms with Crippen LogP contribution in [-0.2, 0) is 21.2 Å². The van der Waals surface area contributed by atoms with E-state index in [0.717, 1.165) is 25.0 Å². The van der Waals surface area contributed by atoms with Gasteiger partial charge in [-0.3, -0.25) is 10.0 Å². The minimum absolute atomic E-state index is 0. The molecule has 1 aliphatic carbocycles. The van der Waals surface area contributed by atoms with Crippen molar-refractivity contribution in [3.05, 3.63) is 48.5 Å². The molecule has 17 heteroatoms. The highest BCUT2D eigenvalue weighted by molar-refractivity contribution is 7.93. The molecule has 1 aromatic heterocycles. The van der Waals surface area contributed by atoms with Gasteiger partial charge >= 0.3 is 6.36 Å². The molecule has 43 heavy (non-hydrogen) atoms. The summed E-state index contributed by atoms with van der Waals surface area (Å²) < 4.78 is 72.0.